The Morgan fingerprint density at radius 1 is 1.53 bits per heavy atom. The van der Waals surface area contributed by atoms with Crippen molar-refractivity contribution in [3.8, 4) is 11.3 Å². The molecule has 3 nitrogen and oxygen atoms in total. The fraction of sp³-hybridized carbons (Fsp3) is 0.286. The molecule has 0 saturated carbocycles. The standard InChI is InChI=1S/C14H14BrFN2O/c1-3-9(2)18-7-10(8-19)14(17-18)12-6-11(15)4-5-13(12)16/h4-9H,3H2,1-2H3. The lowest BCUT2D eigenvalue weighted by molar-refractivity contribution is 0.112. The Kier molecular flexibility index (Phi) is 4.14. The van der Waals surface area contributed by atoms with Gasteiger partial charge in [0.05, 0.1) is 5.56 Å². The van der Waals surface area contributed by atoms with Gasteiger partial charge in [-0.25, -0.2) is 4.39 Å². The number of benzene rings is 1. The van der Waals surface area contributed by atoms with E-state index in [-0.39, 0.29) is 11.9 Å². The van der Waals surface area contributed by atoms with Gasteiger partial charge >= 0.3 is 0 Å². The predicted molar refractivity (Wildman–Crippen MR) is 75.7 cm³/mol. The third kappa shape index (κ3) is 2.76. The minimum atomic E-state index is -0.388. The number of halogens is 2. The van der Waals surface area contributed by atoms with Crippen LogP contribution in [0.15, 0.2) is 28.9 Å². The normalized spacial score (nSPS) is 12.4. The van der Waals surface area contributed by atoms with E-state index in [1.54, 1.807) is 23.0 Å². The Hall–Kier alpha value is -1.49. The molecule has 0 spiro atoms. The highest BCUT2D eigenvalue weighted by Gasteiger charge is 2.16. The van der Waals surface area contributed by atoms with Crippen LogP contribution < -0.4 is 0 Å². The van der Waals surface area contributed by atoms with Crippen LogP contribution in [0.3, 0.4) is 0 Å². The van der Waals surface area contributed by atoms with E-state index in [2.05, 4.69) is 21.0 Å². The minimum absolute atomic E-state index is 0.169. The van der Waals surface area contributed by atoms with Crippen LogP contribution in [0.2, 0.25) is 0 Å². The van der Waals surface area contributed by atoms with Crippen molar-refractivity contribution in [2.24, 2.45) is 0 Å². The van der Waals surface area contributed by atoms with E-state index in [1.807, 2.05) is 13.8 Å². The molecule has 2 aromatic rings. The summed E-state index contributed by atoms with van der Waals surface area (Å²) in [5, 5.41) is 4.35. The van der Waals surface area contributed by atoms with Crippen LogP contribution >= 0.6 is 15.9 Å². The molecule has 0 aliphatic carbocycles. The molecule has 1 heterocycles. The maximum Gasteiger partial charge on any atom is 0.153 e. The SMILES string of the molecule is CCC(C)n1cc(C=O)c(-c2cc(Br)ccc2F)n1. The van der Waals surface area contributed by atoms with Crippen molar-refractivity contribution < 1.29 is 9.18 Å². The second-order valence-electron chi connectivity index (χ2n) is 4.41. The van der Waals surface area contributed by atoms with Crippen LogP contribution in [0.4, 0.5) is 4.39 Å². The van der Waals surface area contributed by atoms with Gasteiger partial charge in [-0.1, -0.05) is 22.9 Å². The van der Waals surface area contributed by atoms with Crippen molar-refractivity contribution in [2.45, 2.75) is 26.3 Å². The molecule has 0 N–H and O–H groups in total. The molecule has 2 rings (SSSR count). The van der Waals surface area contributed by atoms with E-state index in [1.165, 1.54) is 6.07 Å². The zero-order valence-electron chi connectivity index (χ0n) is 10.7. The van der Waals surface area contributed by atoms with E-state index in [0.29, 0.717) is 23.1 Å². The smallest absolute Gasteiger partial charge is 0.153 e. The molecule has 0 amide bonds. The summed E-state index contributed by atoms with van der Waals surface area (Å²) >= 11 is 3.30. The van der Waals surface area contributed by atoms with Crippen molar-refractivity contribution in [1.29, 1.82) is 0 Å². The Balaban J connectivity index is 2.57. The molecule has 0 aliphatic heterocycles. The highest BCUT2D eigenvalue weighted by atomic mass is 79.9. The van der Waals surface area contributed by atoms with Crippen molar-refractivity contribution in [2.75, 3.05) is 0 Å². The molecule has 0 bridgehead atoms. The highest BCUT2D eigenvalue weighted by Crippen LogP contribution is 2.28. The molecular formula is C14H14BrFN2O. The summed E-state index contributed by atoms with van der Waals surface area (Å²) in [7, 11) is 0. The molecule has 1 aromatic heterocycles. The third-order valence-corrected chi connectivity index (χ3v) is 3.61. The molecule has 0 radical (unpaired) electrons. The first-order valence-electron chi connectivity index (χ1n) is 6.06. The largest absolute Gasteiger partial charge is 0.298 e. The van der Waals surface area contributed by atoms with Gasteiger partial charge in [-0.15, -0.1) is 0 Å². The fourth-order valence-electron chi connectivity index (χ4n) is 1.79. The summed E-state index contributed by atoms with van der Waals surface area (Å²) in [4.78, 5) is 11.1. The van der Waals surface area contributed by atoms with Gasteiger partial charge in [-0.05, 0) is 31.5 Å². The van der Waals surface area contributed by atoms with Gasteiger partial charge in [0.1, 0.15) is 11.5 Å². The topological polar surface area (TPSA) is 34.9 Å². The average molecular weight is 325 g/mol. The van der Waals surface area contributed by atoms with Crippen LogP contribution in [-0.4, -0.2) is 16.1 Å². The summed E-state index contributed by atoms with van der Waals surface area (Å²) in [6.45, 7) is 4.04. The van der Waals surface area contributed by atoms with Gasteiger partial charge in [0.15, 0.2) is 6.29 Å². The van der Waals surface area contributed by atoms with Gasteiger partial charge in [-0.3, -0.25) is 9.48 Å². The lowest BCUT2D eigenvalue weighted by Gasteiger charge is -2.08. The first-order chi connectivity index (χ1) is 9.06. The molecular weight excluding hydrogens is 311 g/mol. The molecule has 100 valence electrons. The van der Waals surface area contributed by atoms with Crippen LogP contribution in [0, 0.1) is 5.82 Å². The average Bonchev–Trinajstić information content (AvgIpc) is 2.84. The van der Waals surface area contributed by atoms with Crippen LogP contribution in [-0.2, 0) is 0 Å². The number of hydrogen-bond donors (Lipinski definition) is 0. The summed E-state index contributed by atoms with van der Waals surface area (Å²) in [6, 6.07) is 4.77. The molecule has 0 fully saturated rings. The Morgan fingerprint density at radius 3 is 2.89 bits per heavy atom. The van der Waals surface area contributed by atoms with Crippen LogP contribution in [0.5, 0.6) is 0 Å². The van der Waals surface area contributed by atoms with Crippen LogP contribution in [0.1, 0.15) is 36.7 Å². The van der Waals surface area contributed by atoms with E-state index in [0.717, 1.165) is 10.9 Å². The van der Waals surface area contributed by atoms with Gasteiger partial charge in [0.25, 0.3) is 0 Å². The molecule has 0 saturated heterocycles. The molecule has 1 unspecified atom stereocenters. The van der Waals surface area contributed by atoms with Gasteiger partial charge in [-0.2, -0.15) is 5.10 Å². The van der Waals surface area contributed by atoms with Gasteiger partial charge in [0.2, 0.25) is 0 Å². The highest BCUT2D eigenvalue weighted by molar-refractivity contribution is 9.10. The summed E-state index contributed by atoms with van der Waals surface area (Å²) in [5.41, 5.74) is 1.12. The Bertz CT molecular complexity index is 609. The summed E-state index contributed by atoms with van der Waals surface area (Å²) in [6.07, 6.45) is 3.26. The maximum atomic E-state index is 13.9. The molecule has 1 aromatic carbocycles. The lowest BCUT2D eigenvalue weighted by Crippen LogP contribution is -2.04. The number of hydrogen-bond acceptors (Lipinski definition) is 2. The van der Waals surface area contributed by atoms with E-state index in [4.69, 9.17) is 0 Å². The molecule has 1 atom stereocenters. The van der Waals surface area contributed by atoms with E-state index < -0.39 is 0 Å². The molecule has 5 heteroatoms. The number of nitrogens with zero attached hydrogens (tertiary/aromatic N) is 2. The second-order valence-corrected chi connectivity index (χ2v) is 5.33. The second kappa shape index (κ2) is 5.65. The first kappa shape index (κ1) is 13.9. The first-order valence-corrected chi connectivity index (χ1v) is 6.85. The van der Waals surface area contributed by atoms with Crippen molar-refractivity contribution in [3.05, 3.63) is 40.2 Å². The Morgan fingerprint density at radius 2 is 2.26 bits per heavy atom. The zero-order valence-corrected chi connectivity index (χ0v) is 12.3. The fourth-order valence-corrected chi connectivity index (χ4v) is 2.15. The quantitative estimate of drug-likeness (QED) is 0.788. The zero-order chi connectivity index (χ0) is 14.0. The molecule has 0 aliphatic rings. The van der Waals surface area contributed by atoms with Crippen LogP contribution in [0.25, 0.3) is 11.3 Å². The van der Waals surface area contributed by atoms with E-state index in [9.17, 15) is 9.18 Å². The summed E-state index contributed by atoms with van der Waals surface area (Å²) < 4.78 is 16.3. The van der Waals surface area contributed by atoms with Gasteiger partial charge < -0.3 is 0 Å². The number of carbonyl (C=O) groups is 1. The monoisotopic (exact) mass is 324 g/mol. The maximum absolute atomic E-state index is 13.9. The molecule has 19 heavy (non-hydrogen) atoms. The number of aromatic nitrogens is 2. The van der Waals surface area contributed by atoms with Crippen molar-refractivity contribution in [1.82, 2.24) is 9.78 Å². The van der Waals surface area contributed by atoms with Crippen molar-refractivity contribution in [3.63, 3.8) is 0 Å². The van der Waals surface area contributed by atoms with Crippen molar-refractivity contribution >= 4 is 22.2 Å². The number of carbonyl (C=O) groups excluding carboxylic acids is 1. The van der Waals surface area contributed by atoms with E-state index >= 15 is 0 Å². The third-order valence-electron chi connectivity index (χ3n) is 3.11. The minimum Gasteiger partial charge on any atom is -0.298 e. The van der Waals surface area contributed by atoms with Gasteiger partial charge in [0, 0.05) is 22.3 Å². The number of rotatable bonds is 4. The Labute approximate surface area is 119 Å². The summed E-state index contributed by atoms with van der Waals surface area (Å²) in [5.74, 6) is -0.388. The lowest BCUT2D eigenvalue weighted by atomic mass is 10.1. The number of aldehydes is 1. The predicted octanol–water partition coefficient (Wildman–Crippen LogP) is 4.24.